The summed E-state index contributed by atoms with van der Waals surface area (Å²) in [6.07, 6.45) is 2.28. The smallest absolute Gasteiger partial charge is 0.200 e. The summed E-state index contributed by atoms with van der Waals surface area (Å²) in [5.74, 6) is -9.52. The van der Waals surface area contributed by atoms with Crippen molar-refractivity contribution in [3.8, 4) is 0 Å². The Labute approximate surface area is 155 Å². The lowest BCUT2D eigenvalue weighted by Gasteiger charge is -2.29. The first-order valence-electron chi connectivity index (χ1n) is 7.46. The maximum atomic E-state index is 13.9. The molecule has 2 aliphatic rings. The zero-order chi connectivity index (χ0) is 18.5. The lowest BCUT2D eigenvalue weighted by molar-refractivity contribution is 0.170. The van der Waals surface area contributed by atoms with Crippen molar-refractivity contribution in [3.05, 3.63) is 41.2 Å². The largest absolute Gasteiger partial charge is 0.329 e. The normalized spacial score (nSPS) is 31.8. The quantitative estimate of drug-likeness (QED) is 0.175. The number of rotatable bonds is 3. The number of hydrogen-bond donors (Lipinski definition) is 0. The molecule has 138 valence electrons. The van der Waals surface area contributed by atoms with Crippen molar-refractivity contribution in [2.75, 3.05) is 0 Å². The van der Waals surface area contributed by atoms with Crippen LogP contribution in [0.2, 0.25) is 0 Å². The van der Waals surface area contributed by atoms with Gasteiger partial charge in [-0.3, -0.25) is 0 Å². The maximum Gasteiger partial charge on any atom is 0.200 e. The van der Waals surface area contributed by atoms with Crippen LogP contribution in [0.5, 0.6) is 0 Å². The van der Waals surface area contributed by atoms with E-state index in [0.717, 1.165) is 18.4 Å². The van der Waals surface area contributed by atoms with Crippen LogP contribution in [-0.4, -0.2) is 11.4 Å². The average Bonchev–Trinajstić information content (AvgIpc) is 2.90. The van der Waals surface area contributed by atoms with Gasteiger partial charge in [-0.2, -0.15) is 0 Å². The molecule has 0 N–H and O–H groups in total. The minimum absolute atomic E-state index is 0.0789. The van der Waals surface area contributed by atoms with E-state index in [1.54, 1.807) is 0 Å². The second kappa shape index (κ2) is 7.15. The third kappa shape index (κ3) is 3.68. The highest BCUT2D eigenvalue weighted by Gasteiger charge is 2.46. The Balaban J connectivity index is 1.85. The van der Waals surface area contributed by atoms with Crippen molar-refractivity contribution in [3.63, 3.8) is 0 Å². The first-order valence-corrected chi connectivity index (χ1v) is 13.1. The van der Waals surface area contributed by atoms with Crippen LogP contribution in [0.15, 0.2) is 17.0 Å². The number of halogens is 5. The number of fused-ring (bicyclic) bond motifs is 1. The molecule has 1 aromatic carbocycles. The molecule has 3 rings (SSSR count). The fourth-order valence-corrected chi connectivity index (χ4v) is 13.2. The molecule has 0 aromatic heterocycles. The molecule has 1 saturated heterocycles. The molecule has 2 fully saturated rings. The molecule has 4 unspecified atom stereocenters. The summed E-state index contributed by atoms with van der Waals surface area (Å²) >= 11 is 7.20. The van der Waals surface area contributed by atoms with Gasteiger partial charge < -0.3 is 4.52 Å². The minimum Gasteiger partial charge on any atom is -0.329 e. The number of benzene rings is 1. The van der Waals surface area contributed by atoms with Gasteiger partial charge >= 0.3 is 0 Å². The van der Waals surface area contributed by atoms with E-state index in [1.807, 2.05) is 6.92 Å². The van der Waals surface area contributed by atoms with Gasteiger partial charge in [0.05, 0.1) is 11.0 Å². The molecule has 1 saturated carbocycles. The highest BCUT2D eigenvalue weighted by atomic mass is 33.2. The van der Waals surface area contributed by atoms with Crippen molar-refractivity contribution in [2.24, 2.45) is 5.92 Å². The Kier molecular flexibility index (Phi) is 5.63. The molecule has 25 heavy (non-hydrogen) atoms. The maximum absolute atomic E-state index is 13.9. The van der Waals surface area contributed by atoms with Gasteiger partial charge in [0.25, 0.3) is 0 Å². The summed E-state index contributed by atoms with van der Waals surface area (Å²) in [5.41, 5.74) is 1.04. The average molecular weight is 432 g/mol. The van der Waals surface area contributed by atoms with Crippen LogP contribution >= 0.6 is 27.4 Å². The van der Waals surface area contributed by atoms with Crippen LogP contribution in [0, 0.1) is 35.0 Å². The molecule has 0 bridgehead atoms. The summed E-state index contributed by atoms with van der Waals surface area (Å²) < 4.78 is 70.8. The monoisotopic (exact) mass is 432 g/mol. The van der Waals surface area contributed by atoms with Gasteiger partial charge in [0.2, 0.25) is 5.82 Å². The molecule has 1 aliphatic carbocycles. The van der Waals surface area contributed by atoms with E-state index in [1.165, 1.54) is 11.4 Å². The highest BCUT2D eigenvalue weighted by molar-refractivity contribution is 8.99. The van der Waals surface area contributed by atoms with Crippen LogP contribution in [0.3, 0.4) is 0 Å². The first-order chi connectivity index (χ1) is 11.6. The third-order valence-electron chi connectivity index (χ3n) is 4.33. The van der Waals surface area contributed by atoms with Crippen molar-refractivity contribution in [1.82, 2.24) is 0 Å². The van der Waals surface area contributed by atoms with E-state index in [-0.39, 0.29) is 11.4 Å². The van der Waals surface area contributed by atoms with E-state index in [9.17, 15) is 22.0 Å². The second-order valence-electron chi connectivity index (χ2n) is 6.08. The van der Waals surface area contributed by atoms with Crippen LogP contribution < -0.4 is 0 Å². The zero-order valence-electron chi connectivity index (χ0n) is 13.0. The molecule has 1 aliphatic heterocycles. The summed E-state index contributed by atoms with van der Waals surface area (Å²) in [4.78, 5) is -0.956. The lowest BCUT2D eigenvalue weighted by Crippen LogP contribution is -2.29. The SMILES string of the molecule is C=C(C)C1CCC2SP(=S)(Sc3c(F)c(F)c(F)c(F)c3F)OC2C1. The van der Waals surface area contributed by atoms with Gasteiger partial charge in [-0.05, 0) is 55.3 Å². The van der Waals surface area contributed by atoms with Gasteiger partial charge in [0.1, 0.15) is 0 Å². The molecule has 0 amide bonds. The summed E-state index contributed by atoms with van der Waals surface area (Å²) in [6.45, 7) is 5.88. The van der Waals surface area contributed by atoms with E-state index >= 15 is 0 Å². The van der Waals surface area contributed by atoms with Crippen LogP contribution in [0.25, 0.3) is 0 Å². The lowest BCUT2D eigenvalue weighted by atomic mass is 9.83. The topological polar surface area (TPSA) is 9.23 Å². The predicted molar refractivity (Wildman–Crippen MR) is 94.8 cm³/mol. The van der Waals surface area contributed by atoms with E-state index < -0.39 is 38.7 Å². The molecular formula is C15H14F5OPS3. The highest BCUT2D eigenvalue weighted by Crippen LogP contribution is 2.80. The van der Waals surface area contributed by atoms with Crippen LogP contribution in [0.4, 0.5) is 22.0 Å². The molecule has 1 aromatic rings. The minimum atomic E-state index is -2.86. The molecule has 0 spiro atoms. The van der Waals surface area contributed by atoms with Gasteiger partial charge in [-0.1, -0.05) is 23.5 Å². The van der Waals surface area contributed by atoms with Gasteiger partial charge in [0.15, 0.2) is 27.9 Å². The van der Waals surface area contributed by atoms with E-state index in [2.05, 4.69) is 6.58 Å². The molecule has 0 radical (unpaired) electrons. The van der Waals surface area contributed by atoms with Crippen LogP contribution in [-0.2, 0) is 16.3 Å². The van der Waals surface area contributed by atoms with E-state index in [0.29, 0.717) is 23.7 Å². The van der Waals surface area contributed by atoms with Crippen molar-refractivity contribution < 1.29 is 26.5 Å². The Morgan fingerprint density at radius 1 is 1.12 bits per heavy atom. The Hall–Kier alpha value is -0.0800. The fourth-order valence-electron chi connectivity index (χ4n) is 2.96. The fraction of sp³-hybridized carbons (Fsp3) is 0.467. The Morgan fingerprint density at radius 2 is 1.68 bits per heavy atom. The van der Waals surface area contributed by atoms with Gasteiger partial charge in [-0.15, -0.1) is 0 Å². The zero-order valence-corrected chi connectivity index (χ0v) is 16.4. The number of hydrogen-bond acceptors (Lipinski definition) is 4. The Bertz CT molecular complexity index is 758. The summed E-state index contributed by atoms with van der Waals surface area (Å²) in [5, 5.41) is 0.0789. The summed E-state index contributed by atoms with van der Waals surface area (Å²) in [7, 11) is 0. The second-order valence-corrected chi connectivity index (χ2v) is 16.5. The summed E-state index contributed by atoms with van der Waals surface area (Å²) in [6, 6.07) is 0. The van der Waals surface area contributed by atoms with Crippen molar-refractivity contribution in [2.45, 2.75) is 42.4 Å². The Morgan fingerprint density at radius 3 is 2.24 bits per heavy atom. The standard InChI is InChI=1S/C15H14F5OPS3/c1-6(2)7-3-4-9-8(5-7)21-22(23,24-9)25-15-13(19)11(17)10(16)12(18)14(15)20/h7-9H,1,3-5H2,2H3. The molecule has 1 heterocycles. The van der Waals surface area contributed by atoms with Crippen molar-refractivity contribution >= 4 is 39.2 Å². The van der Waals surface area contributed by atoms with Gasteiger partial charge in [-0.25, -0.2) is 22.0 Å². The first kappa shape index (κ1) is 19.7. The number of allylic oxidation sites excluding steroid dienone is 1. The molecular weight excluding hydrogens is 418 g/mol. The predicted octanol–water partition coefficient (Wildman–Crippen LogP) is 6.58. The van der Waals surface area contributed by atoms with Crippen LogP contribution in [0.1, 0.15) is 26.2 Å². The molecule has 10 heteroatoms. The third-order valence-corrected chi connectivity index (χ3v) is 13.2. The van der Waals surface area contributed by atoms with Crippen molar-refractivity contribution in [1.29, 1.82) is 0 Å². The van der Waals surface area contributed by atoms with E-state index in [4.69, 9.17) is 16.3 Å². The van der Waals surface area contributed by atoms with Gasteiger partial charge in [0, 0.05) is 5.25 Å². The molecule has 1 nitrogen and oxygen atoms in total. The molecule has 4 atom stereocenters.